The zero-order valence-electron chi connectivity index (χ0n) is 34.6. The van der Waals surface area contributed by atoms with Gasteiger partial charge in [-0.1, -0.05) is 173 Å². The molecule has 10 nitrogen and oxygen atoms in total. The number of hydrogen-bond acceptors (Lipinski definition) is 6. The summed E-state index contributed by atoms with van der Waals surface area (Å²) in [4.78, 5) is 0. The minimum absolute atomic E-state index is 0. The Morgan fingerprint density at radius 2 is 0.725 bits per heavy atom. The van der Waals surface area contributed by atoms with E-state index in [-0.39, 0.29) is 54.2 Å². The third-order valence-electron chi connectivity index (χ3n) is 7.58. The summed E-state index contributed by atoms with van der Waals surface area (Å²) in [6.45, 7) is 38.8. The Kier molecular flexibility index (Phi) is 15.6. The zero-order valence-corrected chi connectivity index (χ0v) is 36.2. The van der Waals surface area contributed by atoms with Gasteiger partial charge in [0.05, 0.1) is 0 Å². The minimum atomic E-state index is 0. The minimum Gasteiger partial charge on any atom is -0.578 e. The van der Waals surface area contributed by atoms with Crippen molar-refractivity contribution < 1.29 is 21.7 Å². The molecule has 4 heterocycles. The van der Waals surface area contributed by atoms with Crippen molar-refractivity contribution in [2.75, 3.05) is 0 Å². The van der Waals surface area contributed by atoms with Gasteiger partial charge in [-0.15, -0.1) is 17.1 Å². The molecule has 5 rings (SSSR count). The molecule has 0 radical (unpaired) electrons. The molecule has 0 aliphatic heterocycles. The second-order valence-corrected chi connectivity index (χ2v) is 18.9. The number of tetrazole rings is 1. The van der Waals surface area contributed by atoms with Crippen LogP contribution in [0, 0.1) is 0 Å². The van der Waals surface area contributed by atoms with E-state index in [0.29, 0.717) is 5.82 Å². The first-order valence-corrected chi connectivity index (χ1v) is 17.4. The molecular formula is C40H62N10Ti. The Hall–Kier alpha value is -3.37. The summed E-state index contributed by atoms with van der Waals surface area (Å²) in [5.74, 6) is 0.575. The van der Waals surface area contributed by atoms with E-state index in [4.69, 9.17) is 0 Å². The molecule has 1 aromatic carbocycles. The molecule has 0 fully saturated rings. The first kappa shape index (κ1) is 45.7. The van der Waals surface area contributed by atoms with Crippen LogP contribution in [0.4, 0.5) is 0 Å². The van der Waals surface area contributed by atoms with Crippen LogP contribution in [0.25, 0.3) is 11.4 Å². The Morgan fingerprint density at radius 1 is 0.412 bits per heavy atom. The largest absolute Gasteiger partial charge is 4.00 e. The van der Waals surface area contributed by atoms with E-state index < -0.39 is 0 Å². The predicted octanol–water partition coefficient (Wildman–Crippen LogP) is 8.39. The molecule has 0 saturated heterocycles. The van der Waals surface area contributed by atoms with Crippen LogP contribution in [0.2, 0.25) is 0 Å². The topological polar surface area (TPSA) is 134 Å². The molecule has 276 valence electrons. The number of rotatable bonds is 1. The summed E-state index contributed by atoms with van der Waals surface area (Å²) in [5, 5.41) is 39.4. The second-order valence-electron chi connectivity index (χ2n) is 18.9. The normalized spacial score (nSPS) is 12.4. The fraction of sp³-hybridized carbons (Fsp3) is 0.600. The summed E-state index contributed by atoms with van der Waals surface area (Å²) in [6, 6.07) is 15.9. The predicted molar refractivity (Wildman–Crippen MR) is 203 cm³/mol. The molecule has 11 heteroatoms. The average Bonchev–Trinajstić information content (AvgIpc) is 3.79. The first-order chi connectivity index (χ1) is 22.6. The average molecular weight is 731 g/mol. The Labute approximate surface area is 322 Å². The Bertz CT molecular complexity index is 1450. The molecule has 0 spiro atoms. The van der Waals surface area contributed by atoms with Gasteiger partial charge in [0.1, 0.15) is 0 Å². The van der Waals surface area contributed by atoms with Crippen LogP contribution < -0.4 is 20.4 Å². The van der Waals surface area contributed by atoms with Crippen LogP contribution in [-0.4, -0.2) is 30.8 Å². The summed E-state index contributed by atoms with van der Waals surface area (Å²) < 4.78 is 0. The molecule has 0 unspecified atom stereocenters. The van der Waals surface area contributed by atoms with Crippen molar-refractivity contribution in [3.8, 4) is 11.4 Å². The maximum absolute atomic E-state index is 4.20. The number of hydrogen-bond donors (Lipinski definition) is 0. The van der Waals surface area contributed by atoms with E-state index in [0.717, 1.165) is 39.7 Å². The van der Waals surface area contributed by atoms with Crippen molar-refractivity contribution in [1.29, 1.82) is 0 Å². The molecular weight excluding hydrogens is 668 g/mol. The van der Waals surface area contributed by atoms with Gasteiger partial charge in [-0.2, -0.15) is 5.21 Å². The molecule has 5 aromatic rings. The van der Waals surface area contributed by atoms with Crippen LogP contribution in [0.15, 0.2) is 48.5 Å². The quantitative estimate of drug-likeness (QED) is 0.155. The summed E-state index contributed by atoms with van der Waals surface area (Å²) in [7, 11) is 0. The van der Waals surface area contributed by atoms with Gasteiger partial charge < -0.3 is 35.7 Å². The van der Waals surface area contributed by atoms with Crippen LogP contribution in [-0.2, 0) is 54.2 Å². The van der Waals surface area contributed by atoms with E-state index in [1.807, 2.05) is 30.3 Å². The van der Waals surface area contributed by atoms with Crippen molar-refractivity contribution in [1.82, 2.24) is 51.2 Å². The Balaban J connectivity index is 0.000000338. The second kappa shape index (κ2) is 17.4. The molecule has 0 N–H and O–H groups in total. The summed E-state index contributed by atoms with van der Waals surface area (Å²) >= 11 is 0. The van der Waals surface area contributed by atoms with Gasteiger partial charge in [-0.3, -0.25) is 10.3 Å². The third-order valence-corrected chi connectivity index (χ3v) is 7.58. The van der Waals surface area contributed by atoms with E-state index in [1.54, 1.807) is 0 Å². The van der Waals surface area contributed by atoms with Crippen molar-refractivity contribution in [3.05, 3.63) is 82.7 Å². The van der Waals surface area contributed by atoms with Crippen molar-refractivity contribution >= 4 is 0 Å². The van der Waals surface area contributed by atoms with Gasteiger partial charge in [0.2, 0.25) is 0 Å². The van der Waals surface area contributed by atoms with E-state index >= 15 is 0 Å². The fourth-order valence-corrected chi connectivity index (χ4v) is 3.93. The van der Waals surface area contributed by atoms with Gasteiger partial charge in [-0.05, 0) is 21.8 Å². The molecule has 0 saturated carbocycles. The standard InChI is InChI=1S/3C11H19N2.C7H5N4.Ti/c3*1-10(2,3)8-7-9(13-12-8)11(4,5)6;1-2-4-6(5-3-1)7-8-10-11-9-7;/h3*7H,1-6H3;1-5H;/q4*-1;+4. The molecule has 0 amide bonds. The number of aromatic nitrogens is 10. The fourth-order valence-electron chi connectivity index (χ4n) is 3.93. The van der Waals surface area contributed by atoms with Crippen LogP contribution in [0.5, 0.6) is 0 Å². The van der Waals surface area contributed by atoms with E-state index in [2.05, 4.69) is 194 Å². The summed E-state index contributed by atoms with van der Waals surface area (Å²) in [6.07, 6.45) is 0. The van der Waals surface area contributed by atoms with Gasteiger partial charge >= 0.3 is 21.7 Å². The van der Waals surface area contributed by atoms with Crippen molar-refractivity contribution in [2.24, 2.45) is 0 Å². The van der Waals surface area contributed by atoms with Crippen LogP contribution in [0.1, 0.15) is 159 Å². The third kappa shape index (κ3) is 15.0. The number of benzene rings is 1. The van der Waals surface area contributed by atoms with Crippen molar-refractivity contribution in [3.63, 3.8) is 0 Å². The van der Waals surface area contributed by atoms with E-state index in [9.17, 15) is 0 Å². The molecule has 0 aliphatic carbocycles. The van der Waals surface area contributed by atoms with Gasteiger partial charge in [-0.25, -0.2) is 0 Å². The van der Waals surface area contributed by atoms with Crippen molar-refractivity contribution in [2.45, 2.75) is 157 Å². The molecule has 4 aromatic heterocycles. The molecule has 0 atom stereocenters. The molecule has 51 heavy (non-hydrogen) atoms. The SMILES string of the molecule is CC(C)(C)c1cc(C(C)(C)C)[n-]n1.CC(C)(C)c1cc(C(C)(C)C)[n-]n1.CC(C)(C)c1cc(C(C)(C)C)[n-]n1.[Ti+4].c1ccc(-c2nnn[n-]2)cc1. The van der Waals surface area contributed by atoms with Gasteiger partial charge in [0.25, 0.3) is 0 Å². The molecule has 0 aliphatic rings. The molecule has 0 bridgehead atoms. The maximum Gasteiger partial charge on any atom is 4.00 e. The smallest absolute Gasteiger partial charge is 0.578 e. The Morgan fingerprint density at radius 3 is 0.922 bits per heavy atom. The van der Waals surface area contributed by atoms with Gasteiger partial charge in [0, 0.05) is 39.2 Å². The van der Waals surface area contributed by atoms with Crippen LogP contribution >= 0.6 is 0 Å². The summed E-state index contributed by atoms with van der Waals surface area (Å²) in [5.41, 5.74) is 8.07. The van der Waals surface area contributed by atoms with Crippen LogP contribution in [0.3, 0.4) is 0 Å². The van der Waals surface area contributed by atoms with Gasteiger partial charge in [0.15, 0.2) is 0 Å². The first-order valence-electron chi connectivity index (χ1n) is 17.4. The monoisotopic (exact) mass is 730 g/mol. The zero-order chi connectivity index (χ0) is 38.3. The maximum atomic E-state index is 4.20. The van der Waals surface area contributed by atoms with E-state index in [1.165, 1.54) is 0 Å². The number of nitrogens with zero attached hydrogens (tertiary/aromatic N) is 10.